The highest BCUT2D eigenvalue weighted by atomic mass is 35.5. The second-order valence-electron chi connectivity index (χ2n) is 10.5. The molecule has 5 fully saturated rings. The lowest BCUT2D eigenvalue weighted by molar-refractivity contribution is -0.116. The Labute approximate surface area is 212 Å². The fourth-order valence-electron chi connectivity index (χ4n) is 7.00. The molecule has 0 aromatic heterocycles. The number of aliphatic imine (C=N–C) groups is 1. The Bertz CT molecular complexity index is 1020. The molecule has 34 heavy (non-hydrogen) atoms. The van der Waals surface area contributed by atoms with Crippen LogP contribution in [0.15, 0.2) is 23.2 Å². The molecule has 1 heterocycles. The molecule has 6 rings (SSSR count). The molecule has 1 atom stereocenters. The number of anilines is 1. The summed E-state index contributed by atoms with van der Waals surface area (Å²) in [6.45, 7) is 3.12. The van der Waals surface area contributed by atoms with E-state index in [1.165, 1.54) is 38.5 Å². The van der Waals surface area contributed by atoms with Crippen LogP contribution >= 0.6 is 24.2 Å². The van der Waals surface area contributed by atoms with Gasteiger partial charge in [0.2, 0.25) is 5.91 Å². The number of halogens is 1. The van der Waals surface area contributed by atoms with Crippen LogP contribution in [-0.2, 0) is 4.79 Å². The van der Waals surface area contributed by atoms with E-state index in [4.69, 9.17) is 4.99 Å². The van der Waals surface area contributed by atoms with Gasteiger partial charge in [-0.2, -0.15) is 0 Å². The second-order valence-corrected chi connectivity index (χ2v) is 11.5. The Morgan fingerprint density at radius 3 is 2.38 bits per heavy atom. The monoisotopic (exact) mass is 505 g/mol. The molecular weight excluding hydrogens is 470 g/mol. The van der Waals surface area contributed by atoms with Gasteiger partial charge in [0.25, 0.3) is 0 Å². The highest BCUT2D eigenvalue weighted by Gasteiger charge is 2.51. The Hall–Kier alpha value is -1.86. The van der Waals surface area contributed by atoms with Crippen molar-refractivity contribution in [3.8, 4) is 0 Å². The van der Waals surface area contributed by atoms with Crippen molar-refractivity contribution < 1.29 is 15.0 Å². The van der Waals surface area contributed by atoms with E-state index in [0.29, 0.717) is 22.5 Å². The van der Waals surface area contributed by atoms with Gasteiger partial charge in [0.05, 0.1) is 18.1 Å². The van der Waals surface area contributed by atoms with Gasteiger partial charge >= 0.3 is 0 Å². The second kappa shape index (κ2) is 10.4. The molecule has 0 radical (unpaired) electrons. The van der Waals surface area contributed by atoms with E-state index in [-0.39, 0.29) is 29.9 Å². The van der Waals surface area contributed by atoms with Gasteiger partial charge in [-0.3, -0.25) is 9.79 Å². The maximum atomic E-state index is 12.9. The molecule has 6 nitrogen and oxygen atoms in total. The van der Waals surface area contributed by atoms with Crippen molar-refractivity contribution >= 4 is 53.5 Å². The molecule has 1 saturated heterocycles. The number of carbonyl (C=O) groups excluding carboxylic acids is 1. The normalized spacial score (nSPS) is 34.0. The number of benzene rings is 1. The third-order valence-electron chi connectivity index (χ3n) is 7.96. The molecule has 1 unspecified atom stereocenters. The van der Waals surface area contributed by atoms with Crippen molar-refractivity contribution in [3.05, 3.63) is 28.6 Å². The minimum Gasteiger partial charge on any atom is -0.515 e. The van der Waals surface area contributed by atoms with Gasteiger partial charge in [-0.05, 0) is 80.9 Å². The van der Waals surface area contributed by atoms with E-state index in [1.807, 2.05) is 11.8 Å². The van der Waals surface area contributed by atoms with Gasteiger partial charge < -0.3 is 20.4 Å². The molecule has 186 valence electrons. The van der Waals surface area contributed by atoms with Crippen LogP contribution in [0.5, 0.6) is 0 Å². The van der Waals surface area contributed by atoms with E-state index in [1.54, 1.807) is 18.2 Å². The van der Waals surface area contributed by atoms with Crippen LogP contribution in [0.2, 0.25) is 0 Å². The van der Waals surface area contributed by atoms with Crippen molar-refractivity contribution in [1.29, 1.82) is 0 Å². The predicted octanol–water partition coefficient (Wildman–Crippen LogP) is 4.18. The lowest BCUT2D eigenvalue weighted by atomic mass is 9.53. The average molecular weight is 506 g/mol. The molecule has 0 spiro atoms. The number of aliphatic hydroxyl groups is 2. The van der Waals surface area contributed by atoms with Gasteiger partial charge in [-0.1, -0.05) is 18.7 Å². The van der Waals surface area contributed by atoms with E-state index in [0.717, 1.165) is 54.2 Å². The maximum Gasteiger partial charge on any atom is 0.226 e. The summed E-state index contributed by atoms with van der Waals surface area (Å²) in [6.07, 6.45) is 11.4. The van der Waals surface area contributed by atoms with Crippen LogP contribution in [0.1, 0.15) is 58.3 Å². The fraction of sp³-hybridized carbons (Fsp3) is 0.615. The van der Waals surface area contributed by atoms with Crippen molar-refractivity contribution in [2.24, 2.45) is 22.7 Å². The molecule has 4 bridgehead atoms. The number of nitrogens with one attached hydrogen (secondary N) is 1. The summed E-state index contributed by atoms with van der Waals surface area (Å²) in [6, 6.07) is 5.21. The molecule has 1 aromatic rings. The summed E-state index contributed by atoms with van der Waals surface area (Å²) in [7, 11) is 0. The number of carbonyl (C=O) groups is 1. The highest BCUT2D eigenvalue weighted by molar-refractivity contribution is 8.14. The summed E-state index contributed by atoms with van der Waals surface area (Å²) >= 11 is 1.83. The van der Waals surface area contributed by atoms with Crippen molar-refractivity contribution in [3.63, 3.8) is 0 Å². The number of thioether (sulfide) groups is 1. The molecule has 4 aliphatic carbocycles. The molecule has 4 saturated carbocycles. The number of amides is 1. The number of aliphatic hydroxyl groups excluding tert-OH is 2. The first-order valence-electron chi connectivity index (χ1n) is 12.4. The zero-order valence-corrected chi connectivity index (χ0v) is 21.4. The van der Waals surface area contributed by atoms with Crippen LogP contribution in [-0.4, -0.2) is 50.1 Å². The van der Waals surface area contributed by atoms with Crippen molar-refractivity contribution in [1.82, 2.24) is 4.90 Å². The Morgan fingerprint density at radius 1 is 1.15 bits per heavy atom. The van der Waals surface area contributed by atoms with E-state index in [9.17, 15) is 15.0 Å². The van der Waals surface area contributed by atoms with Crippen molar-refractivity contribution in [2.75, 3.05) is 17.6 Å². The zero-order chi connectivity index (χ0) is 23.0. The fourth-order valence-corrected chi connectivity index (χ4v) is 8.30. The largest absolute Gasteiger partial charge is 0.515 e. The highest BCUT2D eigenvalue weighted by Crippen LogP contribution is 2.57. The minimum atomic E-state index is -0.0395. The van der Waals surface area contributed by atoms with Gasteiger partial charge in [0.1, 0.15) is 0 Å². The topological polar surface area (TPSA) is 85.2 Å². The number of nitrogens with zero attached hydrogens (tertiary/aromatic N) is 2. The first kappa shape index (κ1) is 25.2. The smallest absolute Gasteiger partial charge is 0.226 e. The SMILES string of the molecule is CCCN1C(=NC23CC4CC(CC(C4)C2)C3)SCC1CC(=O)Nc1ccc(=CO)c(=CO)c1.Cl. The Balaban J connectivity index is 0.00000274. The van der Waals surface area contributed by atoms with Crippen LogP contribution in [0.3, 0.4) is 0 Å². The third-order valence-corrected chi connectivity index (χ3v) is 9.10. The lowest BCUT2D eigenvalue weighted by Gasteiger charge is -2.55. The molecule has 1 aliphatic heterocycles. The van der Waals surface area contributed by atoms with Crippen LogP contribution in [0.4, 0.5) is 5.69 Å². The first-order chi connectivity index (χ1) is 16.0. The Kier molecular flexibility index (Phi) is 7.72. The van der Waals surface area contributed by atoms with E-state index < -0.39 is 0 Å². The number of rotatable bonds is 6. The molecular formula is C26H36ClN3O3S. The third kappa shape index (κ3) is 5.06. The predicted molar refractivity (Wildman–Crippen MR) is 142 cm³/mol. The number of hydrogen-bond acceptors (Lipinski definition) is 5. The van der Waals surface area contributed by atoms with Crippen LogP contribution in [0, 0.1) is 17.8 Å². The molecule has 1 amide bonds. The molecule has 1 aromatic carbocycles. The maximum absolute atomic E-state index is 12.9. The van der Waals surface area contributed by atoms with Gasteiger partial charge in [0.15, 0.2) is 5.17 Å². The van der Waals surface area contributed by atoms with Gasteiger partial charge in [0, 0.05) is 40.9 Å². The van der Waals surface area contributed by atoms with E-state index >= 15 is 0 Å². The zero-order valence-electron chi connectivity index (χ0n) is 19.8. The Morgan fingerprint density at radius 2 is 1.79 bits per heavy atom. The standard InChI is InChI=1S/C26H35N3O3S.ClH/c1-2-5-29-23(10-24(32)27-22-4-3-20(14-30)21(9-22)15-31)16-33-25(29)28-26-11-17-6-18(12-26)8-19(7-17)13-26;/h3-4,9,14-15,17-19,23,30-31H,2,5-8,10-13,16H2,1H3,(H,27,32);1H. The summed E-state index contributed by atoms with van der Waals surface area (Å²) < 4.78 is 0. The minimum absolute atomic E-state index is 0. The lowest BCUT2D eigenvalue weighted by Crippen LogP contribution is -2.50. The number of amidine groups is 1. The summed E-state index contributed by atoms with van der Waals surface area (Å²) in [4.78, 5) is 20.7. The summed E-state index contributed by atoms with van der Waals surface area (Å²) in [5, 5.41) is 23.7. The van der Waals surface area contributed by atoms with Crippen molar-refractivity contribution in [2.45, 2.75) is 69.9 Å². The van der Waals surface area contributed by atoms with Crippen LogP contribution < -0.4 is 15.8 Å². The molecule has 3 N–H and O–H groups in total. The molecule has 5 aliphatic rings. The van der Waals surface area contributed by atoms with Gasteiger partial charge in [-0.25, -0.2) is 0 Å². The van der Waals surface area contributed by atoms with Gasteiger partial charge in [-0.15, -0.1) is 12.4 Å². The quantitative estimate of drug-likeness (QED) is 0.540. The summed E-state index contributed by atoms with van der Waals surface area (Å²) in [5.74, 6) is 3.49. The first-order valence-corrected chi connectivity index (χ1v) is 13.4. The van der Waals surface area contributed by atoms with E-state index in [2.05, 4.69) is 17.1 Å². The average Bonchev–Trinajstić information content (AvgIpc) is 3.13. The van der Waals surface area contributed by atoms with Crippen LogP contribution in [0.25, 0.3) is 12.5 Å². The molecule has 8 heteroatoms. The number of hydrogen-bond donors (Lipinski definition) is 3. The summed E-state index contributed by atoms with van der Waals surface area (Å²) in [5.41, 5.74) is 0.768.